The summed E-state index contributed by atoms with van der Waals surface area (Å²) >= 11 is 0. The lowest BCUT2D eigenvalue weighted by Crippen LogP contribution is -2.46. The molecule has 0 aliphatic rings. The van der Waals surface area contributed by atoms with Crippen molar-refractivity contribution in [3.05, 3.63) is 0 Å². The van der Waals surface area contributed by atoms with Crippen LogP contribution in [-0.2, 0) is 26.6 Å². The third-order valence-electron chi connectivity index (χ3n) is 2.17. The first-order chi connectivity index (χ1) is 10.6. The van der Waals surface area contributed by atoms with Gasteiger partial charge in [0.05, 0.1) is 0 Å². The van der Waals surface area contributed by atoms with E-state index in [4.69, 9.17) is 26.6 Å². The van der Waals surface area contributed by atoms with Gasteiger partial charge in [-0.15, -0.1) is 0 Å². The highest BCUT2D eigenvalue weighted by molar-refractivity contribution is 8.95. The van der Waals surface area contributed by atoms with Crippen LogP contribution in [0.5, 0.6) is 0 Å². The fourth-order valence-corrected chi connectivity index (χ4v) is 18.2. The molecule has 0 bridgehead atoms. The van der Waals surface area contributed by atoms with Gasteiger partial charge in [0, 0.05) is 39.6 Å². The van der Waals surface area contributed by atoms with Gasteiger partial charge in [0.25, 0.3) is 0 Å². The SMILES string of the molecule is CCO[Si](OCC)(OCC)SS[Si](OCC)(OCC)OCC. The number of hydrogen-bond donors (Lipinski definition) is 0. The van der Waals surface area contributed by atoms with Gasteiger partial charge in [0.1, 0.15) is 0 Å². The van der Waals surface area contributed by atoms with Crippen LogP contribution in [0.15, 0.2) is 0 Å². The molecule has 10 heteroatoms. The van der Waals surface area contributed by atoms with Crippen molar-refractivity contribution in [2.75, 3.05) is 39.6 Å². The van der Waals surface area contributed by atoms with Crippen molar-refractivity contribution in [1.29, 1.82) is 0 Å². The van der Waals surface area contributed by atoms with Gasteiger partial charge in [-0.3, -0.25) is 0 Å². The van der Waals surface area contributed by atoms with Crippen molar-refractivity contribution in [2.45, 2.75) is 41.5 Å². The molecule has 134 valence electrons. The Morgan fingerprint density at radius 1 is 0.455 bits per heavy atom. The molecule has 0 aliphatic carbocycles. The van der Waals surface area contributed by atoms with Gasteiger partial charge < -0.3 is 26.6 Å². The first kappa shape index (κ1) is 22.9. The Bertz CT molecular complexity index is 216. The predicted octanol–water partition coefficient (Wildman–Crippen LogP) is 3.46. The summed E-state index contributed by atoms with van der Waals surface area (Å²) in [6.07, 6.45) is 0. The van der Waals surface area contributed by atoms with E-state index in [1.54, 1.807) is 0 Å². The average molecular weight is 391 g/mol. The zero-order valence-corrected chi connectivity index (χ0v) is 18.1. The molecule has 0 atom stereocenters. The second-order valence-electron chi connectivity index (χ2n) is 3.76. The zero-order valence-electron chi connectivity index (χ0n) is 14.5. The van der Waals surface area contributed by atoms with Crippen molar-refractivity contribution in [3.8, 4) is 0 Å². The minimum Gasteiger partial charge on any atom is -0.365 e. The molecule has 0 radical (unpaired) electrons. The summed E-state index contributed by atoms with van der Waals surface area (Å²) in [6, 6.07) is 0. The Balaban J connectivity index is 5.04. The maximum Gasteiger partial charge on any atom is 0.583 e. The highest BCUT2D eigenvalue weighted by Gasteiger charge is 2.51. The van der Waals surface area contributed by atoms with Crippen LogP contribution < -0.4 is 0 Å². The second-order valence-corrected chi connectivity index (χ2v) is 14.8. The zero-order chi connectivity index (χ0) is 16.9. The lowest BCUT2D eigenvalue weighted by molar-refractivity contribution is 0.0950. The van der Waals surface area contributed by atoms with Crippen LogP contribution in [0.3, 0.4) is 0 Å². The quantitative estimate of drug-likeness (QED) is 0.311. The summed E-state index contributed by atoms with van der Waals surface area (Å²) in [5.41, 5.74) is 0. The minimum absolute atomic E-state index is 0.534. The topological polar surface area (TPSA) is 55.4 Å². The molecule has 0 unspecified atom stereocenters. The lowest BCUT2D eigenvalue weighted by Gasteiger charge is -2.31. The number of rotatable bonds is 15. The fourth-order valence-electron chi connectivity index (χ4n) is 1.56. The van der Waals surface area contributed by atoms with Crippen LogP contribution in [0.1, 0.15) is 41.5 Å². The second kappa shape index (κ2) is 13.2. The maximum absolute atomic E-state index is 5.83. The van der Waals surface area contributed by atoms with Crippen molar-refractivity contribution in [1.82, 2.24) is 0 Å². The van der Waals surface area contributed by atoms with Crippen LogP contribution in [0, 0.1) is 0 Å². The van der Waals surface area contributed by atoms with E-state index in [-0.39, 0.29) is 0 Å². The third kappa shape index (κ3) is 8.13. The van der Waals surface area contributed by atoms with Crippen LogP contribution in [0.25, 0.3) is 0 Å². The van der Waals surface area contributed by atoms with Crippen LogP contribution >= 0.6 is 20.5 Å². The molecule has 0 aromatic carbocycles. The van der Waals surface area contributed by atoms with E-state index >= 15 is 0 Å². The Morgan fingerprint density at radius 3 is 0.773 bits per heavy atom. The predicted molar refractivity (Wildman–Crippen MR) is 96.4 cm³/mol. The van der Waals surface area contributed by atoms with E-state index < -0.39 is 15.9 Å². The molecule has 0 rings (SSSR count). The Hall–Kier alpha value is 0.894. The van der Waals surface area contributed by atoms with Crippen LogP contribution in [0.2, 0.25) is 0 Å². The van der Waals surface area contributed by atoms with Gasteiger partial charge in [-0.05, 0) is 62.0 Å². The molecular formula is C12H30O6S2Si2. The Kier molecular flexibility index (Phi) is 13.8. The average Bonchev–Trinajstić information content (AvgIpc) is 2.47. The molecule has 6 nitrogen and oxygen atoms in total. The Labute approximate surface area is 144 Å². The first-order valence-electron chi connectivity index (χ1n) is 7.77. The molecule has 0 saturated heterocycles. The monoisotopic (exact) mass is 390 g/mol. The van der Waals surface area contributed by atoms with Gasteiger partial charge in [-0.25, -0.2) is 0 Å². The van der Waals surface area contributed by atoms with Crippen LogP contribution in [-0.4, -0.2) is 55.5 Å². The summed E-state index contributed by atoms with van der Waals surface area (Å²) in [5, 5.41) is 0. The van der Waals surface area contributed by atoms with Crippen LogP contribution in [0.4, 0.5) is 0 Å². The van der Waals surface area contributed by atoms with Crippen molar-refractivity contribution in [3.63, 3.8) is 0 Å². The van der Waals surface area contributed by atoms with Crippen molar-refractivity contribution < 1.29 is 26.6 Å². The van der Waals surface area contributed by atoms with Gasteiger partial charge >= 0.3 is 15.9 Å². The highest BCUT2D eigenvalue weighted by atomic mass is 33.3. The van der Waals surface area contributed by atoms with Crippen molar-refractivity contribution >= 4 is 36.4 Å². The van der Waals surface area contributed by atoms with E-state index in [0.29, 0.717) is 39.6 Å². The van der Waals surface area contributed by atoms with E-state index in [9.17, 15) is 0 Å². The third-order valence-corrected chi connectivity index (χ3v) is 16.8. The number of hydrogen-bond acceptors (Lipinski definition) is 8. The molecule has 22 heavy (non-hydrogen) atoms. The van der Waals surface area contributed by atoms with Gasteiger partial charge in [0.15, 0.2) is 0 Å². The van der Waals surface area contributed by atoms with Gasteiger partial charge in [-0.1, -0.05) is 0 Å². The normalized spacial score (nSPS) is 12.8. The summed E-state index contributed by atoms with van der Waals surface area (Å²) in [7, 11) is -2.75. The fraction of sp³-hybridized carbons (Fsp3) is 1.00. The molecule has 0 heterocycles. The molecule has 0 aromatic rings. The van der Waals surface area contributed by atoms with Crippen molar-refractivity contribution in [2.24, 2.45) is 0 Å². The standard InChI is InChI=1S/C12H30O6S2Si2/c1-7-13-21(14-8-2,15-9-3)19-20-22(16-10-4,17-11-5)18-12-6/h7-12H2,1-6H3. The molecule has 0 fully saturated rings. The minimum atomic E-state index is -2.82. The highest BCUT2D eigenvalue weighted by Crippen LogP contribution is 2.42. The lowest BCUT2D eigenvalue weighted by atomic mass is 10.9. The summed E-state index contributed by atoms with van der Waals surface area (Å²) in [5.74, 6) is 0. The van der Waals surface area contributed by atoms with E-state index in [0.717, 1.165) is 0 Å². The van der Waals surface area contributed by atoms with E-state index in [1.807, 2.05) is 41.5 Å². The smallest absolute Gasteiger partial charge is 0.365 e. The van der Waals surface area contributed by atoms with E-state index in [1.165, 1.54) is 20.5 Å². The molecule has 0 saturated carbocycles. The first-order valence-corrected chi connectivity index (χ1v) is 14.8. The maximum atomic E-state index is 5.83. The Morgan fingerprint density at radius 2 is 0.636 bits per heavy atom. The largest absolute Gasteiger partial charge is 0.583 e. The molecule has 0 aliphatic heterocycles. The molecule has 0 N–H and O–H groups in total. The molecular weight excluding hydrogens is 360 g/mol. The summed E-state index contributed by atoms with van der Waals surface area (Å²) in [6.45, 7) is 14.8. The summed E-state index contributed by atoms with van der Waals surface area (Å²) in [4.78, 5) is 0. The van der Waals surface area contributed by atoms with Gasteiger partial charge in [0.2, 0.25) is 0 Å². The molecule has 0 aromatic heterocycles. The van der Waals surface area contributed by atoms with E-state index in [2.05, 4.69) is 0 Å². The summed E-state index contributed by atoms with van der Waals surface area (Å²) < 4.78 is 35.0. The molecule has 0 spiro atoms. The molecule has 0 amide bonds. The van der Waals surface area contributed by atoms with Gasteiger partial charge in [-0.2, -0.15) is 0 Å².